The van der Waals surface area contributed by atoms with Crippen molar-refractivity contribution in [2.45, 2.75) is 13.2 Å². The highest BCUT2D eigenvalue weighted by atomic mass is 19.1. The molecule has 0 saturated heterocycles. The third kappa shape index (κ3) is 3.34. The standard InChI is InChI=1S/C19H16FN3O/c1-24-12-14-8-13(6-7-17(14)20)11-22-19-9-15(10-21)23-18-5-3-2-4-16(18)19/h2-9H,11-12H2,1H3,(H,22,23). The molecule has 1 N–H and O–H groups in total. The van der Waals surface area contributed by atoms with Gasteiger partial charge in [0.2, 0.25) is 0 Å². The van der Waals surface area contributed by atoms with Crippen molar-refractivity contribution in [2.24, 2.45) is 0 Å². The summed E-state index contributed by atoms with van der Waals surface area (Å²) in [4.78, 5) is 4.29. The molecule has 3 aromatic rings. The molecule has 0 atom stereocenters. The average Bonchev–Trinajstić information content (AvgIpc) is 2.62. The van der Waals surface area contributed by atoms with Gasteiger partial charge in [-0.3, -0.25) is 0 Å². The van der Waals surface area contributed by atoms with Crippen molar-refractivity contribution in [3.8, 4) is 6.07 Å². The Morgan fingerprint density at radius 3 is 2.83 bits per heavy atom. The Balaban J connectivity index is 1.88. The summed E-state index contributed by atoms with van der Waals surface area (Å²) in [6.07, 6.45) is 0. The van der Waals surface area contributed by atoms with E-state index in [0.717, 1.165) is 22.2 Å². The summed E-state index contributed by atoms with van der Waals surface area (Å²) >= 11 is 0. The fourth-order valence-corrected chi connectivity index (χ4v) is 2.58. The predicted octanol–water partition coefficient (Wildman–Crippen LogP) is 4.00. The Labute approximate surface area is 139 Å². The molecular weight excluding hydrogens is 305 g/mol. The lowest BCUT2D eigenvalue weighted by Gasteiger charge is -2.11. The minimum atomic E-state index is -0.276. The largest absolute Gasteiger partial charge is 0.380 e. The molecule has 24 heavy (non-hydrogen) atoms. The van der Waals surface area contributed by atoms with Crippen LogP contribution >= 0.6 is 0 Å². The van der Waals surface area contributed by atoms with Gasteiger partial charge in [-0.2, -0.15) is 5.26 Å². The van der Waals surface area contributed by atoms with Crippen LogP contribution in [0.1, 0.15) is 16.8 Å². The van der Waals surface area contributed by atoms with E-state index in [1.807, 2.05) is 24.3 Å². The van der Waals surface area contributed by atoms with Crippen molar-refractivity contribution in [3.63, 3.8) is 0 Å². The topological polar surface area (TPSA) is 57.9 Å². The number of halogens is 1. The first-order chi connectivity index (χ1) is 11.7. The van der Waals surface area contributed by atoms with Crippen LogP contribution in [-0.2, 0) is 17.9 Å². The molecule has 0 fully saturated rings. The summed E-state index contributed by atoms with van der Waals surface area (Å²) in [7, 11) is 1.54. The maximum absolute atomic E-state index is 13.7. The molecule has 0 unspecified atom stereocenters. The summed E-state index contributed by atoms with van der Waals surface area (Å²) in [5.74, 6) is -0.276. The summed E-state index contributed by atoms with van der Waals surface area (Å²) in [6, 6.07) is 16.4. The van der Waals surface area contributed by atoms with Crippen LogP contribution in [0.4, 0.5) is 10.1 Å². The Morgan fingerprint density at radius 1 is 1.21 bits per heavy atom. The van der Waals surface area contributed by atoms with Gasteiger partial charge >= 0.3 is 0 Å². The Bertz CT molecular complexity index is 918. The lowest BCUT2D eigenvalue weighted by atomic mass is 10.1. The van der Waals surface area contributed by atoms with Crippen molar-refractivity contribution in [3.05, 3.63) is 71.2 Å². The zero-order chi connectivity index (χ0) is 16.9. The van der Waals surface area contributed by atoms with Gasteiger partial charge in [-0.05, 0) is 29.8 Å². The van der Waals surface area contributed by atoms with Gasteiger partial charge in [-0.25, -0.2) is 9.37 Å². The number of methoxy groups -OCH3 is 1. The SMILES string of the molecule is COCc1cc(CNc2cc(C#N)nc3ccccc23)ccc1F. The number of aromatic nitrogens is 1. The number of nitrogens with one attached hydrogen (secondary N) is 1. The van der Waals surface area contributed by atoms with E-state index in [-0.39, 0.29) is 12.4 Å². The highest BCUT2D eigenvalue weighted by Gasteiger charge is 2.07. The number of para-hydroxylation sites is 1. The highest BCUT2D eigenvalue weighted by Crippen LogP contribution is 2.24. The smallest absolute Gasteiger partial charge is 0.143 e. The fourth-order valence-electron chi connectivity index (χ4n) is 2.58. The maximum atomic E-state index is 13.7. The third-order valence-electron chi connectivity index (χ3n) is 3.72. The number of nitrogens with zero attached hydrogens (tertiary/aromatic N) is 2. The van der Waals surface area contributed by atoms with Gasteiger partial charge in [0.25, 0.3) is 0 Å². The summed E-state index contributed by atoms with van der Waals surface area (Å²) in [6.45, 7) is 0.742. The highest BCUT2D eigenvalue weighted by molar-refractivity contribution is 5.91. The number of pyridine rings is 1. The van der Waals surface area contributed by atoms with Gasteiger partial charge in [0.15, 0.2) is 0 Å². The van der Waals surface area contributed by atoms with Gasteiger partial charge in [-0.1, -0.05) is 24.3 Å². The van der Waals surface area contributed by atoms with Gasteiger partial charge in [0.1, 0.15) is 17.6 Å². The Kier molecular flexibility index (Phi) is 4.69. The molecule has 0 spiro atoms. The Hall–Kier alpha value is -2.97. The normalized spacial score (nSPS) is 10.5. The first-order valence-corrected chi connectivity index (χ1v) is 7.51. The molecule has 0 aliphatic rings. The number of hydrogen-bond donors (Lipinski definition) is 1. The molecule has 0 aliphatic heterocycles. The number of hydrogen-bond acceptors (Lipinski definition) is 4. The second kappa shape index (κ2) is 7.07. The minimum absolute atomic E-state index is 0.233. The lowest BCUT2D eigenvalue weighted by molar-refractivity contribution is 0.181. The molecule has 0 saturated carbocycles. The van der Waals surface area contributed by atoms with E-state index in [0.29, 0.717) is 17.8 Å². The van der Waals surface area contributed by atoms with Crippen LogP contribution in [-0.4, -0.2) is 12.1 Å². The van der Waals surface area contributed by atoms with Crippen molar-refractivity contribution in [1.82, 2.24) is 4.98 Å². The molecule has 1 aromatic heterocycles. The van der Waals surface area contributed by atoms with Crippen LogP contribution in [0.25, 0.3) is 10.9 Å². The van der Waals surface area contributed by atoms with Crippen LogP contribution < -0.4 is 5.32 Å². The monoisotopic (exact) mass is 321 g/mol. The number of nitriles is 1. The number of rotatable bonds is 5. The van der Waals surface area contributed by atoms with Crippen LogP contribution in [0.3, 0.4) is 0 Å². The first-order valence-electron chi connectivity index (χ1n) is 7.51. The quantitative estimate of drug-likeness (QED) is 0.771. The van der Waals surface area contributed by atoms with Gasteiger partial charge in [0.05, 0.1) is 12.1 Å². The molecule has 0 aliphatic carbocycles. The van der Waals surface area contributed by atoms with Crippen LogP contribution in [0.5, 0.6) is 0 Å². The van der Waals surface area contributed by atoms with Crippen molar-refractivity contribution >= 4 is 16.6 Å². The van der Waals surface area contributed by atoms with E-state index in [2.05, 4.69) is 16.4 Å². The van der Waals surface area contributed by atoms with E-state index < -0.39 is 0 Å². The lowest BCUT2D eigenvalue weighted by Crippen LogP contribution is -2.03. The predicted molar refractivity (Wildman–Crippen MR) is 90.9 cm³/mol. The van der Waals surface area contributed by atoms with Crippen molar-refractivity contribution in [2.75, 3.05) is 12.4 Å². The second-order valence-electron chi connectivity index (χ2n) is 5.40. The zero-order valence-corrected chi connectivity index (χ0v) is 13.2. The Morgan fingerprint density at radius 2 is 2.04 bits per heavy atom. The average molecular weight is 321 g/mol. The molecule has 4 nitrogen and oxygen atoms in total. The van der Waals surface area contributed by atoms with Crippen molar-refractivity contribution in [1.29, 1.82) is 5.26 Å². The molecule has 5 heteroatoms. The summed E-state index contributed by atoms with van der Waals surface area (Å²) < 4.78 is 18.7. The fraction of sp³-hybridized carbons (Fsp3) is 0.158. The second-order valence-corrected chi connectivity index (χ2v) is 5.40. The van der Waals surface area contributed by atoms with Gasteiger partial charge < -0.3 is 10.1 Å². The molecule has 3 rings (SSSR count). The zero-order valence-electron chi connectivity index (χ0n) is 13.2. The molecule has 0 radical (unpaired) electrons. The molecule has 2 aromatic carbocycles. The third-order valence-corrected chi connectivity index (χ3v) is 3.72. The molecular formula is C19H16FN3O. The first kappa shape index (κ1) is 15.9. The summed E-state index contributed by atoms with van der Waals surface area (Å²) in [5.41, 5.74) is 3.40. The van der Waals surface area contributed by atoms with E-state index in [1.165, 1.54) is 13.2 Å². The molecule has 120 valence electrons. The maximum Gasteiger partial charge on any atom is 0.143 e. The minimum Gasteiger partial charge on any atom is -0.380 e. The van der Waals surface area contributed by atoms with Crippen LogP contribution in [0.15, 0.2) is 48.5 Å². The molecule has 0 amide bonds. The van der Waals surface area contributed by atoms with E-state index in [9.17, 15) is 4.39 Å². The van der Waals surface area contributed by atoms with Crippen LogP contribution in [0.2, 0.25) is 0 Å². The van der Waals surface area contributed by atoms with Crippen molar-refractivity contribution < 1.29 is 9.13 Å². The number of benzene rings is 2. The molecule has 0 bridgehead atoms. The van der Waals surface area contributed by atoms with Crippen LogP contribution in [0, 0.1) is 17.1 Å². The number of anilines is 1. The molecule has 1 heterocycles. The van der Waals surface area contributed by atoms with Gasteiger partial charge in [-0.15, -0.1) is 0 Å². The number of fused-ring (bicyclic) bond motifs is 1. The van der Waals surface area contributed by atoms with E-state index >= 15 is 0 Å². The number of ether oxygens (including phenoxy) is 1. The van der Waals surface area contributed by atoms with Gasteiger partial charge in [0, 0.05) is 30.3 Å². The summed E-state index contributed by atoms with van der Waals surface area (Å²) in [5, 5.41) is 13.4. The van der Waals surface area contributed by atoms with E-state index in [1.54, 1.807) is 18.2 Å². The van der Waals surface area contributed by atoms with E-state index in [4.69, 9.17) is 10.00 Å².